The van der Waals surface area contributed by atoms with Crippen LogP contribution in [0.1, 0.15) is 5.56 Å². The van der Waals surface area contributed by atoms with E-state index >= 15 is 0 Å². The topological polar surface area (TPSA) is 89.8 Å². The van der Waals surface area contributed by atoms with Crippen molar-refractivity contribution in [1.29, 1.82) is 0 Å². The Morgan fingerprint density at radius 2 is 1.82 bits per heavy atom. The monoisotopic (exact) mass is 316 g/mol. The van der Waals surface area contributed by atoms with Crippen LogP contribution in [0.2, 0.25) is 5.02 Å². The Balaban J connectivity index is 1.77. The lowest BCUT2D eigenvalue weighted by Crippen LogP contribution is -2.19. The number of carbonyl (C=O) groups excluding carboxylic acids is 1. The van der Waals surface area contributed by atoms with Gasteiger partial charge in [-0.1, -0.05) is 17.7 Å². The molecule has 6 nitrogen and oxygen atoms in total. The lowest BCUT2D eigenvalue weighted by atomic mass is 10.2. The van der Waals surface area contributed by atoms with E-state index in [9.17, 15) is 9.59 Å². The molecule has 112 valence electrons. The van der Waals surface area contributed by atoms with Crippen LogP contribution in [0.5, 0.6) is 0 Å². The quantitative estimate of drug-likeness (QED) is 0.583. The maximum atomic E-state index is 12.0. The van der Waals surface area contributed by atoms with Crippen molar-refractivity contribution >= 4 is 40.0 Å². The van der Waals surface area contributed by atoms with Gasteiger partial charge in [0.1, 0.15) is 0 Å². The lowest BCUT2D eigenvalue weighted by molar-refractivity contribution is 0.262. The predicted molar refractivity (Wildman–Crippen MR) is 87.7 cm³/mol. The minimum Gasteiger partial charge on any atom is -0.308 e. The summed E-state index contributed by atoms with van der Waals surface area (Å²) in [6, 6.07) is 10.0. The number of anilines is 2. The van der Waals surface area contributed by atoms with Crippen LogP contribution in [0.3, 0.4) is 0 Å². The third-order valence-corrected chi connectivity index (χ3v) is 3.47. The fourth-order valence-electron chi connectivity index (χ4n) is 2.13. The van der Waals surface area contributed by atoms with Crippen LogP contribution in [0.4, 0.5) is 16.2 Å². The number of amides is 2. The van der Waals surface area contributed by atoms with Gasteiger partial charge >= 0.3 is 11.7 Å². The van der Waals surface area contributed by atoms with Crippen LogP contribution < -0.4 is 16.3 Å². The SMILES string of the molecule is Cc1ccc(Cl)c(NC(=O)Nc2ccc3[nH]c(=O)[nH]c3c2)c1. The third-order valence-electron chi connectivity index (χ3n) is 3.14. The summed E-state index contributed by atoms with van der Waals surface area (Å²) in [6.07, 6.45) is 0. The van der Waals surface area contributed by atoms with Crippen molar-refractivity contribution in [1.82, 2.24) is 9.97 Å². The molecule has 2 aromatic carbocycles. The molecular formula is C15H13ClN4O2. The number of halogens is 1. The summed E-state index contributed by atoms with van der Waals surface area (Å²) in [7, 11) is 0. The van der Waals surface area contributed by atoms with E-state index in [1.54, 1.807) is 30.3 Å². The number of H-pyrrole nitrogens is 2. The van der Waals surface area contributed by atoms with Crippen molar-refractivity contribution in [2.24, 2.45) is 0 Å². The number of aromatic nitrogens is 2. The number of carbonyl (C=O) groups is 1. The minimum absolute atomic E-state index is 0.289. The Bertz CT molecular complexity index is 913. The first-order valence-corrected chi connectivity index (χ1v) is 6.95. The maximum Gasteiger partial charge on any atom is 0.323 e. The lowest BCUT2D eigenvalue weighted by Gasteiger charge is -2.09. The predicted octanol–water partition coefficient (Wildman–Crippen LogP) is 3.46. The maximum absolute atomic E-state index is 12.0. The zero-order valence-electron chi connectivity index (χ0n) is 11.7. The molecule has 0 unspecified atom stereocenters. The summed E-state index contributed by atoms with van der Waals surface area (Å²) in [5.74, 6) is 0. The molecular weight excluding hydrogens is 304 g/mol. The largest absolute Gasteiger partial charge is 0.323 e. The zero-order valence-corrected chi connectivity index (χ0v) is 12.4. The second kappa shape index (κ2) is 5.57. The number of imidazole rings is 1. The van der Waals surface area contributed by atoms with Crippen molar-refractivity contribution in [3.8, 4) is 0 Å². The van der Waals surface area contributed by atoms with Crippen LogP contribution in [-0.4, -0.2) is 16.0 Å². The van der Waals surface area contributed by atoms with Gasteiger partial charge in [0.05, 0.1) is 21.7 Å². The Labute approximate surface area is 130 Å². The molecule has 0 radical (unpaired) electrons. The highest BCUT2D eigenvalue weighted by Crippen LogP contribution is 2.23. The van der Waals surface area contributed by atoms with Crippen LogP contribution in [0, 0.1) is 6.92 Å². The molecule has 7 heteroatoms. The second-order valence-corrected chi connectivity index (χ2v) is 5.31. The van der Waals surface area contributed by atoms with Crippen LogP contribution in [-0.2, 0) is 0 Å². The van der Waals surface area contributed by atoms with E-state index < -0.39 is 6.03 Å². The number of nitrogens with one attached hydrogen (secondary N) is 4. The molecule has 1 heterocycles. The number of aryl methyl sites for hydroxylation is 1. The van der Waals surface area contributed by atoms with Crippen molar-refractivity contribution in [3.63, 3.8) is 0 Å². The fraction of sp³-hybridized carbons (Fsp3) is 0.0667. The molecule has 0 bridgehead atoms. The van der Waals surface area contributed by atoms with Crippen LogP contribution >= 0.6 is 11.6 Å². The first kappa shape index (κ1) is 14.2. The van der Waals surface area contributed by atoms with Gasteiger partial charge in [0.15, 0.2) is 0 Å². The zero-order chi connectivity index (χ0) is 15.7. The Kier molecular flexibility index (Phi) is 3.60. The molecule has 0 saturated carbocycles. The molecule has 0 fully saturated rings. The summed E-state index contributed by atoms with van der Waals surface area (Å²) in [5.41, 5.74) is 3.10. The van der Waals surface area contributed by atoms with Crippen LogP contribution in [0.25, 0.3) is 11.0 Å². The molecule has 0 aliphatic rings. The van der Waals surface area contributed by atoms with Gasteiger partial charge in [-0.25, -0.2) is 9.59 Å². The van der Waals surface area contributed by atoms with E-state index in [1.165, 1.54) is 0 Å². The first-order valence-electron chi connectivity index (χ1n) is 6.57. The van der Waals surface area contributed by atoms with Gasteiger partial charge in [-0.05, 0) is 42.8 Å². The number of rotatable bonds is 2. The molecule has 0 atom stereocenters. The first-order chi connectivity index (χ1) is 10.5. The molecule has 1 aromatic heterocycles. The average Bonchev–Trinajstić information content (AvgIpc) is 2.82. The third kappa shape index (κ3) is 2.96. The molecule has 3 rings (SSSR count). The standard InChI is InChI=1S/C15H13ClN4O2/c1-8-2-4-10(16)12(6-8)19-14(21)17-9-3-5-11-13(7-9)20-15(22)18-11/h2-7H,1H3,(H2,17,19,21)(H2,18,20,22). The van der Waals surface area contributed by atoms with Gasteiger partial charge in [0.25, 0.3) is 0 Å². The molecule has 4 N–H and O–H groups in total. The number of urea groups is 1. The highest BCUT2D eigenvalue weighted by Gasteiger charge is 2.07. The van der Waals surface area contributed by atoms with E-state index in [0.717, 1.165) is 5.56 Å². The molecule has 0 saturated heterocycles. The number of fused-ring (bicyclic) bond motifs is 1. The summed E-state index contributed by atoms with van der Waals surface area (Å²) in [5, 5.41) is 5.85. The van der Waals surface area contributed by atoms with Gasteiger partial charge in [-0.15, -0.1) is 0 Å². The number of aromatic amines is 2. The summed E-state index contributed by atoms with van der Waals surface area (Å²) >= 11 is 6.04. The summed E-state index contributed by atoms with van der Waals surface area (Å²) in [4.78, 5) is 28.5. The number of benzene rings is 2. The van der Waals surface area contributed by atoms with E-state index in [4.69, 9.17) is 11.6 Å². The van der Waals surface area contributed by atoms with E-state index in [-0.39, 0.29) is 5.69 Å². The Morgan fingerprint density at radius 1 is 1.05 bits per heavy atom. The van der Waals surface area contributed by atoms with Crippen molar-refractivity contribution < 1.29 is 4.79 Å². The summed E-state index contributed by atoms with van der Waals surface area (Å²) in [6.45, 7) is 1.91. The van der Waals surface area contributed by atoms with E-state index in [0.29, 0.717) is 27.4 Å². The fourth-order valence-corrected chi connectivity index (χ4v) is 2.29. The van der Waals surface area contributed by atoms with Crippen LogP contribution in [0.15, 0.2) is 41.2 Å². The van der Waals surface area contributed by atoms with E-state index in [2.05, 4.69) is 20.6 Å². The average molecular weight is 317 g/mol. The number of hydrogen-bond donors (Lipinski definition) is 4. The number of hydrogen-bond acceptors (Lipinski definition) is 2. The minimum atomic E-state index is -0.412. The van der Waals surface area contributed by atoms with E-state index in [1.807, 2.05) is 13.0 Å². The normalized spacial score (nSPS) is 10.6. The molecule has 22 heavy (non-hydrogen) atoms. The highest BCUT2D eigenvalue weighted by molar-refractivity contribution is 6.33. The van der Waals surface area contributed by atoms with Crippen molar-refractivity contribution in [2.45, 2.75) is 6.92 Å². The molecule has 0 aliphatic heterocycles. The second-order valence-electron chi connectivity index (χ2n) is 4.90. The Hall–Kier alpha value is -2.73. The van der Waals surface area contributed by atoms with Gasteiger partial charge in [-0.3, -0.25) is 0 Å². The smallest absolute Gasteiger partial charge is 0.308 e. The molecule has 3 aromatic rings. The molecule has 2 amide bonds. The van der Waals surface area contributed by atoms with Gasteiger partial charge in [0.2, 0.25) is 0 Å². The summed E-state index contributed by atoms with van der Waals surface area (Å²) < 4.78 is 0. The molecule has 0 aliphatic carbocycles. The highest BCUT2D eigenvalue weighted by atomic mass is 35.5. The van der Waals surface area contributed by atoms with Crippen molar-refractivity contribution in [3.05, 3.63) is 57.5 Å². The van der Waals surface area contributed by atoms with Gasteiger partial charge < -0.3 is 20.6 Å². The van der Waals surface area contributed by atoms with Gasteiger partial charge in [0, 0.05) is 5.69 Å². The van der Waals surface area contributed by atoms with Gasteiger partial charge in [-0.2, -0.15) is 0 Å². The Morgan fingerprint density at radius 3 is 2.64 bits per heavy atom. The van der Waals surface area contributed by atoms with Crippen molar-refractivity contribution in [2.75, 3.05) is 10.6 Å². The molecule has 0 spiro atoms.